The second-order valence-electron chi connectivity index (χ2n) is 7.14. The molecular weight excluding hydrogens is 328 g/mol. The van der Waals surface area contributed by atoms with Crippen LogP contribution in [0.25, 0.3) is 0 Å². The molecule has 0 saturated carbocycles. The number of rotatable bonds is 7. The number of aliphatic hydroxyl groups excluding tert-OH is 1. The lowest BCUT2D eigenvalue weighted by Gasteiger charge is -2.29. The number of alkyl carbamates (subject to hydrolysis) is 1. The zero-order valence-electron chi connectivity index (χ0n) is 15.6. The van der Waals surface area contributed by atoms with Crippen LogP contribution in [0.5, 0.6) is 0 Å². The lowest BCUT2D eigenvalue weighted by atomic mass is 9.97. The maximum atomic E-state index is 12.9. The van der Waals surface area contributed by atoms with Gasteiger partial charge >= 0.3 is 12.1 Å². The van der Waals surface area contributed by atoms with Crippen LogP contribution in [0.2, 0.25) is 0 Å². The number of nitrogens with one attached hydrogen (secondary N) is 1. The number of hydrogen-bond donors (Lipinski definition) is 3. The second-order valence-corrected chi connectivity index (χ2v) is 7.14. The molecule has 4 atom stereocenters. The van der Waals surface area contributed by atoms with Crippen LogP contribution in [0.4, 0.5) is 4.79 Å². The summed E-state index contributed by atoms with van der Waals surface area (Å²) in [5, 5.41) is 22.0. The maximum absolute atomic E-state index is 12.9. The van der Waals surface area contributed by atoms with E-state index in [1.807, 2.05) is 6.92 Å². The summed E-state index contributed by atoms with van der Waals surface area (Å²) < 4.78 is 5.02. The van der Waals surface area contributed by atoms with Crippen LogP contribution in [0.3, 0.4) is 0 Å². The number of carbonyl (C=O) groups is 3. The average Bonchev–Trinajstić information content (AvgIpc) is 2.95. The Morgan fingerprint density at radius 3 is 2.28 bits per heavy atom. The van der Waals surface area contributed by atoms with Gasteiger partial charge in [0.05, 0.1) is 12.2 Å². The molecule has 1 aliphatic heterocycles. The number of ether oxygens (including phenoxy) is 1. The second kappa shape index (κ2) is 9.03. The van der Waals surface area contributed by atoms with Gasteiger partial charge in [-0.05, 0) is 32.6 Å². The highest BCUT2D eigenvalue weighted by Crippen LogP contribution is 2.28. The Bertz CT molecular complexity index is 494. The van der Waals surface area contributed by atoms with Crippen molar-refractivity contribution in [2.24, 2.45) is 11.8 Å². The Hall–Kier alpha value is -1.83. The average molecular weight is 358 g/mol. The van der Waals surface area contributed by atoms with Crippen molar-refractivity contribution in [3.8, 4) is 0 Å². The summed E-state index contributed by atoms with van der Waals surface area (Å²) in [4.78, 5) is 37.6. The molecule has 1 rings (SSSR count). The number of carboxylic acids is 1. The van der Waals surface area contributed by atoms with E-state index in [2.05, 4.69) is 5.32 Å². The van der Waals surface area contributed by atoms with Crippen LogP contribution in [-0.4, -0.2) is 63.9 Å². The van der Waals surface area contributed by atoms with E-state index in [-0.39, 0.29) is 30.9 Å². The summed E-state index contributed by atoms with van der Waals surface area (Å²) in [5.74, 6) is -2.09. The Morgan fingerprint density at radius 1 is 1.24 bits per heavy atom. The number of carbonyl (C=O) groups excluding carboxylic acids is 2. The summed E-state index contributed by atoms with van der Waals surface area (Å²) >= 11 is 0. The third-order valence-electron chi connectivity index (χ3n) is 4.41. The Kier molecular flexibility index (Phi) is 7.66. The van der Waals surface area contributed by atoms with Gasteiger partial charge in [-0.2, -0.15) is 0 Å². The normalized spacial score (nSPS) is 22.8. The first kappa shape index (κ1) is 21.2. The summed E-state index contributed by atoms with van der Waals surface area (Å²) in [5.41, 5.74) is 0. The van der Waals surface area contributed by atoms with Gasteiger partial charge in [0.1, 0.15) is 12.1 Å². The highest BCUT2D eigenvalue weighted by molar-refractivity contribution is 5.90. The van der Waals surface area contributed by atoms with Crippen LogP contribution >= 0.6 is 0 Å². The highest BCUT2D eigenvalue weighted by Gasteiger charge is 2.44. The molecule has 0 spiro atoms. The fourth-order valence-electron chi connectivity index (χ4n) is 3.03. The molecule has 0 bridgehead atoms. The third-order valence-corrected chi connectivity index (χ3v) is 4.41. The van der Waals surface area contributed by atoms with E-state index in [9.17, 15) is 24.6 Å². The summed E-state index contributed by atoms with van der Waals surface area (Å²) in [6.07, 6.45) is -0.997. The summed E-state index contributed by atoms with van der Waals surface area (Å²) in [6, 6.07) is -1.88. The minimum atomic E-state index is -1.11. The predicted molar refractivity (Wildman–Crippen MR) is 90.9 cm³/mol. The first-order valence-corrected chi connectivity index (χ1v) is 8.76. The van der Waals surface area contributed by atoms with E-state index in [0.29, 0.717) is 6.42 Å². The number of likely N-dealkylation sites (tertiary alicyclic amines) is 1. The van der Waals surface area contributed by atoms with Crippen molar-refractivity contribution < 1.29 is 29.3 Å². The van der Waals surface area contributed by atoms with Crippen molar-refractivity contribution in [3.05, 3.63) is 0 Å². The molecule has 0 radical (unpaired) electrons. The molecule has 2 amide bonds. The van der Waals surface area contributed by atoms with E-state index in [1.54, 1.807) is 27.7 Å². The number of aliphatic hydroxyl groups is 1. The maximum Gasteiger partial charge on any atom is 0.408 e. The molecular formula is C17H30N2O6. The van der Waals surface area contributed by atoms with Gasteiger partial charge in [-0.15, -0.1) is 0 Å². The minimum absolute atomic E-state index is 0.162. The summed E-state index contributed by atoms with van der Waals surface area (Å²) in [6.45, 7) is 8.90. The molecule has 1 heterocycles. The lowest BCUT2D eigenvalue weighted by Crippen LogP contribution is -2.54. The zero-order valence-corrected chi connectivity index (χ0v) is 15.6. The molecule has 144 valence electrons. The van der Waals surface area contributed by atoms with Crippen LogP contribution in [0.1, 0.15) is 47.5 Å². The first-order valence-electron chi connectivity index (χ1n) is 8.76. The third kappa shape index (κ3) is 5.59. The molecule has 3 N–H and O–H groups in total. The molecule has 0 aromatic carbocycles. The molecule has 8 heteroatoms. The Labute approximate surface area is 148 Å². The highest BCUT2D eigenvalue weighted by atomic mass is 16.6. The van der Waals surface area contributed by atoms with E-state index < -0.39 is 36.2 Å². The standard InChI is InChI=1S/C17H30N2O6/c1-6-13(20)11-7-12(16(22)23)19(8-11)15(21)14(9(2)3)18-17(24)25-10(4)5/h9-14,20H,6-8H2,1-5H3,(H,18,24)(H,22,23)/t11-,12+,13?,14+/m1/s1. The van der Waals surface area contributed by atoms with Gasteiger partial charge in [0.15, 0.2) is 0 Å². The van der Waals surface area contributed by atoms with E-state index in [1.165, 1.54) is 4.90 Å². The van der Waals surface area contributed by atoms with Crippen molar-refractivity contribution in [2.75, 3.05) is 6.54 Å². The Balaban J connectivity index is 2.93. The molecule has 0 aromatic heterocycles. The van der Waals surface area contributed by atoms with Gasteiger partial charge in [0, 0.05) is 12.5 Å². The van der Waals surface area contributed by atoms with E-state index >= 15 is 0 Å². The van der Waals surface area contributed by atoms with E-state index in [4.69, 9.17) is 4.74 Å². The lowest BCUT2D eigenvalue weighted by molar-refractivity contribution is -0.149. The number of nitrogens with zero attached hydrogens (tertiary/aromatic N) is 1. The van der Waals surface area contributed by atoms with Gasteiger partial charge in [0.25, 0.3) is 0 Å². The molecule has 0 aromatic rings. The molecule has 25 heavy (non-hydrogen) atoms. The van der Waals surface area contributed by atoms with Crippen molar-refractivity contribution in [3.63, 3.8) is 0 Å². The minimum Gasteiger partial charge on any atom is -0.480 e. The van der Waals surface area contributed by atoms with Gasteiger partial charge < -0.3 is 25.2 Å². The molecule has 1 unspecified atom stereocenters. The molecule has 1 aliphatic rings. The fraction of sp³-hybridized carbons (Fsp3) is 0.824. The van der Waals surface area contributed by atoms with Crippen molar-refractivity contribution in [2.45, 2.75) is 71.8 Å². The van der Waals surface area contributed by atoms with Crippen molar-refractivity contribution in [1.29, 1.82) is 0 Å². The van der Waals surface area contributed by atoms with Crippen LogP contribution in [-0.2, 0) is 14.3 Å². The zero-order chi connectivity index (χ0) is 19.3. The largest absolute Gasteiger partial charge is 0.480 e. The van der Waals surface area contributed by atoms with Crippen LogP contribution in [0.15, 0.2) is 0 Å². The smallest absolute Gasteiger partial charge is 0.408 e. The number of carboxylic acid groups (broad SMARTS) is 1. The van der Waals surface area contributed by atoms with Gasteiger partial charge in [0.2, 0.25) is 5.91 Å². The van der Waals surface area contributed by atoms with Gasteiger partial charge in [-0.3, -0.25) is 4.79 Å². The number of aliphatic carboxylic acids is 1. The van der Waals surface area contributed by atoms with Crippen LogP contribution < -0.4 is 5.32 Å². The van der Waals surface area contributed by atoms with Gasteiger partial charge in [-0.1, -0.05) is 20.8 Å². The molecule has 8 nitrogen and oxygen atoms in total. The topological polar surface area (TPSA) is 116 Å². The Morgan fingerprint density at radius 2 is 1.84 bits per heavy atom. The summed E-state index contributed by atoms with van der Waals surface area (Å²) in [7, 11) is 0. The monoisotopic (exact) mass is 358 g/mol. The number of amides is 2. The molecule has 1 fully saturated rings. The first-order chi connectivity index (χ1) is 11.6. The quantitative estimate of drug-likeness (QED) is 0.630. The molecule has 0 aliphatic carbocycles. The fourth-order valence-corrected chi connectivity index (χ4v) is 3.03. The van der Waals surface area contributed by atoms with Crippen molar-refractivity contribution >= 4 is 18.0 Å². The predicted octanol–water partition coefficient (Wildman–Crippen LogP) is 1.22. The molecule has 1 saturated heterocycles. The number of hydrogen-bond acceptors (Lipinski definition) is 5. The van der Waals surface area contributed by atoms with Crippen molar-refractivity contribution in [1.82, 2.24) is 10.2 Å². The van der Waals surface area contributed by atoms with Gasteiger partial charge in [-0.25, -0.2) is 9.59 Å². The SMILES string of the molecule is CCC(O)[C@@H]1C[C@@H](C(=O)O)N(C(=O)[C@@H](NC(=O)OC(C)C)C(C)C)C1. The van der Waals surface area contributed by atoms with E-state index in [0.717, 1.165) is 0 Å². The van der Waals surface area contributed by atoms with Crippen LogP contribution in [0, 0.1) is 11.8 Å².